The van der Waals surface area contributed by atoms with Gasteiger partial charge in [-0.15, -0.1) is 21.1 Å². The first-order valence-electron chi connectivity index (χ1n) is 9.14. The molecule has 2 N–H and O–H groups in total. The van der Waals surface area contributed by atoms with Gasteiger partial charge in [0.1, 0.15) is 17.4 Å². The average molecular weight is 437 g/mol. The fourth-order valence-corrected chi connectivity index (χ4v) is 4.37. The van der Waals surface area contributed by atoms with E-state index in [0.29, 0.717) is 19.0 Å². The van der Waals surface area contributed by atoms with E-state index in [1.54, 1.807) is 18.9 Å². The fraction of sp³-hybridized carbons (Fsp3) is 0.350. The quantitative estimate of drug-likeness (QED) is 0.321. The zero-order valence-electron chi connectivity index (χ0n) is 16.3. The van der Waals surface area contributed by atoms with E-state index in [1.165, 1.54) is 0 Å². The van der Waals surface area contributed by atoms with Crippen LogP contribution in [0.3, 0.4) is 0 Å². The molecule has 0 aromatic heterocycles. The van der Waals surface area contributed by atoms with Crippen molar-refractivity contribution in [3.8, 4) is 17.2 Å². The number of thioether (sulfide) groups is 1. The molecular weight excluding hydrogens is 412 g/mol. The first-order valence-corrected chi connectivity index (χ1v) is 10.9. The van der Waals surface area contributed by atoms with Crippen LogP contribution in [0.2, 0.25) is 0 Å². The molecule has 0 amide bonds. The first kappa shape index (κ1) is 21.8. The fourth-order valence-electron chi connectivity index (χ4n) is 2.88. The second kappa shape index (κ2) is 11.3. The Morgan fingerprint density at radius 1 is 1.14 bits per heavy atom. The Hall–Kier alpha value is -1.91. The third-order valence-corrected chi connectivity index (χ3v) is 5.88. The predicted octanol–water partition coefficient (Wildman–Crippen LogP) is 4.06. The van der Waals surface area contributed by atoms with E-state index in [2.05, 4.69) is 4.99 Å². The van der Waals surface area contributed by atoms with Gasteiger partial charge in [-0.05, 0) is 43.2 Å². The zero-order chi connectivity index (χ0) is 20.5. The predicted molar refractivity (Wildman–Crippen MR) is 116 cm³/mol. The van der Waals surface area contributed by atoms with Crippen molar-refractivity contribution in [1.29, 1.82) is 0 Å². The van der Waals surface area contributed by atoms with Gasteiger partial charge in [-0.25, -0.2) is 0 Å². The molecule has 1 atom stereocenters. The first-order chi connectivity index (χ1) is 14.2. The molecule has 1 heterocycles. The summed E-state index contributed by atoms with van der Waals surface area (Å²) in [5.74, 6) is 8.03. The third kappa shape index (κ3) is 6.28. The van der Waals surface area contributed by atoms with Gasteiger partial charge in [-0.1, -0.05) is 18.2 Å². The minimum atomic E-state index is 0.193. The van der Waals surface area contributed by atoms with E-state index >= 15 is 0 Å². The van der Waals surface area contributed by atoms with E-state index in [1.807, 2.05) is 49.4 Å². The second-order valence-corrected chi connectivity index (χ2v) is 7.93. The van der Waals surface area contributed by atoms with Gasteiger partial charge >= 0.3 is 0 Å². The normalized spacial score (nSPS) is 15.8. The summed E-state index contributed by atoms with van der Waals surface area (Å²) in [6, 6.07) is 13.8. The summed E-state index contributed by atoms with van der Waals surface area (Å²) >= 11 is 2.74. The van der Waals surface area contributed by atoms with Gasteiger partial charge in [0.2, 0.25) is 0 Å². The molecule has 9 heteroatoms. The molecule has 0 saturated carbocycles. The van der Waals surface area contributed by atoms with Gasteiger partial charge in [-0.2, -0.15) is 5.90 Å². The van der Waals surface area contributed by atoms with Crippen LogP contribution < -0.4 is 20.1 Å². The van der Waals surface area contributed by atoms with Gasteiger partial charge in [0.05, 0.1) is 36.7 Å². The van der Waals surface area contributed by atoms with Crippen molar-refractivity contribution < 1.29 is 23.5 Å². The largest absolute Gasteiger partial charge is 0.495 e. The van der Waals surface area contributed by atoms with Gasteiger partial charge in [-0.3, -0.25) is 4.99 Å². The lowest BCUT2D eigenvalue weighted by atomic mass is 10.1. The number of hydrogen-bond donors (Lipinski definition) is 1. The molecule has 29 heavy (non-hydrogen) atoms. The number of hydrogen-bond acceptors (Lipinski definition) is 9. The number of nitrogens with two attached hydrogens (primary N) is 1. The van der Waals surface area contributed by atoms with Crippen LogP contribution in [0.1, 0.15) is 12.5 Å². The lowest BCUT2D eigenvalue weighted by Gasteiger charge is -2.11. The van der Waals surface area contributed by atoms with Crippen LogP contribution >= 0.6 is 23.8 Å². The van der Waals surface area contributed by atoms with Gasteiger partial charge in [0, 0.05) is 5.75 Å². The number of ether oxygens (including phenoxy) is 3. The number of aliphatic imine (C=N–C) groups is 1. The molecule has 0 fully saturated rings. The van der Waals surface area contributed by atoms with E-state index in [-0.39, 0.29) is 6.04 Å². The van der Waals surface area contributed by atoms with E-state index in [0.717, 1.165) is 51.2 Å². The molecule has 3 rings (SSSR count). The van der Waals surface area contributed by atoms with Gasteiger partial charge in [0.15, 0.2) is 11.5 Å². The van der Waals surface area contributed by atoms with Crippen LogP contribution in [-0.4, -0.2) is 37.2 Å². The van der Waals surface area contributed by atoms with Crippen LogP contribution in [0.15, 0.2) is 52.4 Å². The number of nitrogens with zero attached hydrogens (tertiary/aromatic N) is 1. The molecule has 0 bridgehead atoms. The summed E-state index contributed by atoms with van der Waals surface area (Å²) < 4.78 is 21.6. The topological polar surface area (TPSA) is 84.5 Å². The van der Waals surface area contributed by atoms with Crippen LogP contribution in [0, 0.1) is 0 Å². The van der Waals surface area contributed by atoms with Crippen molar-refractivity contribution in [1.82, 2.24) is 0 Å². The third-order valence-electron chi connectivity index (χ3n) is 4.13. The minimum absolute atomic E-state index is 0.193. The smallest absolute Gasteiger partial charge is 0.161 e. The Morgan fingerprint density at radius 2 is 1.93 bits per heavy atom. The molecule has 0 spiro atoms. The summed E-state index contributed by atoms with van der Waals surface area (Å²) in [6.07, 6.45) is 0.813. The summed E-state index contributed by atoms with van der Waals surface area (Å²) in [7, 11) is 1.61. The molecule has 2 aromatic rings. The highest BCUT2D eigenvalue weighted by molar-refractivity contribution is 8.14. The SMILES string of the molecule is CCOc1ccccc1OCC1=N[C@@H](Cc2ccc(OC)c(SOON)c2)CS1. The average Bonchev–Trinajstić information content (AvgIpc) is 3.19. The van der Waals surface area contributed by atoms with Crippen molar-refractivity contribution in [3.63, 3.8) is 0 Å². The van der Waals surface area contributed by atoms with E-state index in [4.69, 9.17) is 29.4 Å². The van der Waals surface area contributed by atoms with Crippen LogP contribution in [-0.2, 0) is 15.7 Å². The molecule has 0 saturated heterocycles. The van der Waals surface area contributed by atoms with Crippen LogP contribution in [0.5, 0.6) is 17.2 Å². The van der Waals surface area contributed by atoms with Crippen LogP contribution in [0.25, 0.3) is 0 Å². The Balaban J connectivity index is 1.59. The zero-order valence-corrected chi connectivity index (χ0v) is 18.0. The standard InChI is InChI=1S/C20H24N2O5S2/c1-3-24-16-6-4-5-7-17(16)25-12-20-22-15(13-28-20)10-14-8-9-18(23-2)19(11-14)29-27-26-21/h4-9,11,15H,3,10,12-13,21H2,1-2H3/t15-/m0/s1. The molecule has 156 valence electrons. The highest BCUT2D eigenvalue weighted by Crippen LogP contribution is 2.32. The molecule has 2 aromatic carbocycles. The minimum Gasteiger partial charge on any atom is -0.495 e. The Labute approximate surface area is 179 Å². The summed E-state index contributed by atoms with van der Waals surface area (Å²) in [5.41, 5.74) is 1.13. The van der Waals surface area contributed by atoms with Gasteiger partial charge in [0.25, 0.3) is 0 Å². The second-order valence-electron chi connectivity index (χ2n) is 6.09. The Bertz CT molecular complexity index is 834. The lowest BCUT2D eigenvalue weighted by Crippen LogP contribution is -2.09. The lowest BCUT2D eigenvalue weighted by molar-refractivity contribution is -0.195. The molecule has 0 aliphatic carbocycles. The molecule has 7 nitrogen and oxygen atoms in total. The van der Waals surface area contributed by atoms with Crippen LogP contribution in [0.4, 0.5) is 0 Å². The number of benzene rings is 2. The molecule has 0 radical (unpaired) electrons. The summed E-state index contributed by atoms with van der Waals surface area (Å²) in [6.45, 7) is 3.00. The molecule has 1 aliphatic rings. The number of methoxy groups -OCH3 is 1. The Morgan fingerprint density at radius 3 is 2.66 bits per heavy atom. The molecule has 0 unspecified atom stereocenters. The molecular formula is C20H24N2O5S2. The van der Waals surface area contributed by atoms with Gasteiger partial charge < -0.3 is 14.2 Å². The Kier molecular flexibility index (Phi) is 8.51. The maximum absolute atomic E-state index is 5.93. The molecule has 1 aliphatic heterocycles. The summed E-state index contributed by atoms with van der Waals surface area (Å²) in [5, 5.41) is 0.990. The van der Waals surface area contributed by atoms with Crippen molar-refractivity contribution in [2.75, 3.05) is 26.1 Å². The van der Waals surface area contributed by atoms with E-state index in [9.17, 15) is 0 Å². The van der Waals surface area contributed by atoms with Crippen molar-refractivity contribution >= 4 is 28.8 Å². The van der Waals surface area contributed by atoms with E-state index < -0.39 is 0 Å². The van der Waals surface area contributed by atoms with Crippen molar-refractivity contribution in [3.05, 3.63) is 48.0 Å². The number of rotatable bonds is 11. The highest BCUT2D eigenvalue weighted by atomic mass is 32.2. The highest BCUT2D eigenvalue weighted by Gasteiger charge is 2.20. The number of para-hydroxylation sites is 2. The van der Waals surface area contributed by atoms with Crippen molar-refractivity contribution in [2.45, 2.75) is 24.3 Å². The summed E-state index contributed by atoms with van der Waals surface area (Å²) in [4.78, 5) is 9.78. The maximum atomic E-state index is 5.93. The maximum Gasteiger partial charge on any atom is 0.161 e. The monoisotopic (exact) mass is 436 g/mol. The van der Waals surface area contributed by atoms with Crippen molar-refractivity contribution in [2.24, 2.45) is 10.9 Å².